The first-order valence-electron chi connectivity index (χ1n) is 9.00. The number of urea groups is 1. The number of likely N-dealkylation sites (tertiary alicyclic amines) is 1. The van der Waals surface area contributed by atoms with E-state index >= 15 is 0 Å². The summed E-state index contributed by atoms with van der Waals surface area (Å²) in [5.74, 6) is 0.480. The quantitative estimate of drug-likeness (QED) is 0.872. The first kappa shape index (κ1) is 17.7. The lowest BCUT2D eigenvalue weighted by Crippen LogP contribution is -2.47. The molecule has 7 nitrogen and oxygen atoms in total. The third-order valence-corrected chi connectivity index (χ3v) is 4.82. The number of carbonyl (C=O) groups excluding carboxylic acids is 2. The molecule has 3 heterocycles. The monoisotopic (exact) mass is 346 g/mol. The van der Waals surface area contributed by atoms with Gasteiger partial charge in [-0.1, -0.05) is 6.07 Å². The van der Waals surface area contributed by atoms with E-state index in [1.54, 1.807) is 17.2 Å². The molecule has 25 heavy (non-hydrogen) atoms. The van der Waals surface area contributed by atoms with Gasteiger partial charge in [0.25, 0.3) is 0 Å². The van der Waals surface area contributed by atoms with Gasteiger partial charge in [-0.3, -0.25) is 4.79 Å². The summed E-state index contributed by atoms with van der Waals surface area (Å²) in [5, 5.41) is 5.79. The molecule has 2 N–H and O–H groups in total. The van der Waals surface area contributed by atoms with Crippen molar-refractivity contribution >= 4 is 17.8 Å². The Morgan fingerprint density at radius 1 is 1.28 bits per heavy atom. The number of rotatable bonds is 4. The molecule has 1 aromatic rings. The maximum absolute atomic E-state index is 12.3. The molecule has 2 aliphatic rings. The number of nitrogens with zero attached hydrogens (tertiary/aromatic N) is 2. The van der Waals surface area contributed by atoms with E-state index in [4.69, 9.17) is 4.74 Å². The van der Waals surface area contributed by atoms with Crippen molar-refractivity contribution in [1.82, 2.24) is 15.2 Å². The van der Waals surface area contributed by atoms with Crippen LogP contribution in [0.5, 0.6) is 0 Å². The average Bonchev–Trinajstić information content (AvgIpc) is 3.15. The highest BCUT2D eigenvalue weighted by Gasteiger charge is 2.28. The Hall–Kier alpha value is -2.15. The summed E-state index contributed by atoms with van der Waals surface area (Å²) in [6, 6.07) is 3.67. The predicted molar refractivity (Wildman–Crippen MR) is 94.3 cm³/mol. The fourth-order valence-corrected chi connectivity index (χ4v) is 3.23. The number of aromatic nitrogens is 1. The van der Waals surface area contributed by atoms with Gasteiger partial charge in [-0.2, -0.15) is 0 Å². The van der Waals surface area contributed by atoms with E-state index in [9.17, 15) is 9.59 Å². The van der Waals surface area contributed by atoms with E-state index in [0.717, 1.165) is 25.0 Å². The third kappa shape index (κ3) is 4.92. The molecule has 0 aromatic carbocycles. The molecule has 0 bridgehead atoms. The number of anilines is 1. The Labute approximate surface area is 148 Å². The first-order valence-corrected chi connectivity index (χ1v) is 9.00. The smallest absolute Gasteiger partial charge is 0.317 e. The molecule has 1 aromatic heterocycles. The lowest BCUT2D eigenvalue weighted by atomic mass is 9.96. The van der Waals surface area contributed by atoms with Crippen LogP contribution < -0.4 is 10.6 Å². The van der Waals surface area contributed by atoms with Crippen molar-refractivity contribution < 1.29 is 14.3 Å². The number of piperidine rings is 1. The highest BCUT2D eigenvalue weighted by Crippen LogP contribution is 2.19. The Bertz CT molecular complexity index is 591. The summed E-state index contributed by atoms with van der Waals surface area (Å²) >= 11 is 0. The van der Waals surface area contributed by atoms with Gasteiger partial charge in [0.15, 0.2) is 0 Å². The molecule has 3 amide bonds. The van der Waals surface area contributed by atoms with Crippen LogP contribution in [0.4, 0.5) is 10.6 Å². The molecule has 136 valence electrons. The number of amides is 3. The molecule has 2 saturated heterocycles. The number of aryl methyl sites for hydroxylation is 1. The van der Waals surface area contributed by atoms with Crippen LogP contribution in [0.15, 0.2) is 18.3 Å². The molecule has 2 aliphatic heterocycles. The van der Waals surface area contributed by atoms with Crippen LogP contribution >= 0.6 is 0 Å². The van der Waals surface area contributed by atoms with Crippen molar-refractivity contribution in [2.75, 3.05) is 31.6 Å². The van der Waals surface area contributed by atoms with Gasteiger partial charge in [0.05, 0.1) is 6.10 Å². The second kappa shape index (κ2) is 8.29. The summed E-state index contributed by atoms with van der Waals surface area (Å²) in [6.45, 7) is 4.50. The van der Waals surface area contributed by atoms with Crippen LogP contribution in [-0.2, 0) is 9.53 Å². The molecular weight excluding hydrogens is 320 g/mol. The summed E-state index contributed by atoms with van der Waals surface area (Å²) in [6.07, 6.45) is 5.30. The number of pyridine rings is 1. The summed E-state index contributed by atoms with van der Waals surface area (Å²) in [7, 11) is 0. The number of nitrogens with one attached hydrogen (secondary N) is 2. The van der Waals surface area contributed by atoms with Crippen molar-refractivity contribution in [1.29, 1.82) is 0 Å². The lowest BCUT2D eigenvalue weighted by Gasteiger charge is -2.31. The molecule has 1 atom stereocenters. The number of carbonyl (C=O) groups is 2. The summed E-state index contributed by atoms with van der Waals surface area (Å²) in [4.78, 5) is 30.5. The van der Waals surface area contributed by atoms with Crippen LogP contribution in [0.25, 0.3) is 0 Å². The van der Waals surface area contributed by atoms with Crippen molar-refractivity contribution in [2.24, 2.45) is 5.92 Å². The molecule has 0 spiro atoms. The second-order valence-electron chi connectivity index (χ2n) is 6.79. The van der Waals surface area contributed by atoms with Gasteiger partial charge in [-0.05, 0) is 44.2 Å². The van der Waals surface area contributed by atoms with Crippen LogP contribution in [0.3, 0.4) is 0 Å². The van der Waals surface area contributed by atoms with E-state index in [1.165, 1.54) is 0 Å². The minimum absolute atomic E-state index is 0.0178. The Morgan fingerprint density at radius 2 is 2.08 bits per heavy atom. The van der Waals surface area contributed by atoms with Gasteiger partial charge in [0.1, 0.15) is 5.82 Å². The van der Waals surface area contributed by atoms with E-state index in [-0.39, 0.29) is 24.0 Å². The fourth-order valence-electron chi connectivity index (χ4n) is 3.23. The third-order valence-electron chi connectivity index (χ3n) is 4.82. The second-order valence-corrected chi connectivity index (χ2v) is 6.79. The normalized spacial score (nSPS) is 21.2. The molecule has 1 unspecified atom stereocenters. The van der Waals surface area contributed by atoms with Gasteiger partial charge in [-0.15, -0.1) is 0 Å². The molecule has 3 rings (SSSR count). The van der Waals surface area contributed by atoms with Crippen LogP contribution in [0.1, 0.15) is 31.2 Å². The molecular formula is C18H26N4O3. The standard InChI is InChI=1S/C18H26N4O3/c1-13-4-5-16(19-11-13)21-17(23)14-6-8-22(9-7-14)18(24)20-12-15-3-2-10-25-15/h4-5,11,14-15H,2-3,6-10,12H2,1H3,(H,20,24)(H,19,21,23). The van der Waals surface area contributed by atoms with Crippen molar-refractivity contribution in [3.05, 3.63) is 23.9 Å². The van der Waals surface area contributed by atoms with Crippen LogP contribution in [-0.4, -0.2) is 54.2 Å². The largest absolute Gasteiger partial charge is 0.376 e. The van der Waals surface area contributed by atoms with Gasteiger partial charge in [0, 0.05) is 38.4 Å². The molecule has 0 saturated carbocycles. The van der Waals surface area contributed by atoms with E-state index in [1.807, 2.05) is 13.0 Å². The molecule has 0 radical (unpaired) electrons. The van der Waals surface area contributed by atoms with E-state index < -0.39 is 0 Å². The van der Waals surface area contributed by atoms with Gasteiger partial charge < -0.3 is 20.3 Å². The van der Waals surface area contributed by atoms with Crippen LogP contribution in [0.2, 0.25) is 0 Å². The first-order chi connectivity index (χ1) is 12.1. The highest BCUT2D eigenvalue weighted by atomic mass is 16.5. The summed E-state index contributed by atoms with van der Waals surface area (Å²) in [5.41, 5.74) is 1.06. The average molecular weight is 346 g/mol. The maximum atomic E-state index is 12.3. The zero-order valence-corrected chi connectivity index (χ0v) is 14.7. The Balaban J connectivity index is 1.40. The minimum Gasteiger partial charge on any atom is -0.376 e. The number of ether oxygens (including phenoxy) is 1. The molecule has 2 fully saturated rings. The number of hydrogen-bond donors (Lipinski definition) is 2. The summed E-state index contributed by atoms with van der Waals surface area (Å²) < 4.78 is 5.51. The predicted octanol–water partition coefficient (Wildman–Crippen LogP) is 1.93. The molecule has 7 heteroatoms. The minimum atomic E-state index is -0.0784. The topological polar surface area (TPSA) is 83.6 Å². The van der Waals surface area contributed by atoms with Crippen molar-refractivity contribution in [2.45, 2.75) is 38.7 Å². The van der Waals surface area contributed by atoms with Gasteiger partial charge in [-0.25, -0.2) is 9.78 Å². The number of hydrogen-bond acceptors (Lipinski definition) is 4. The SMILES string of the molecule is Cc1ccc(NC(=O)C2CCN(C(=O)NCC3CCCO3)CC2)nc1. The van der Waals surface area contributed by atoms with Crippen molar-refractivity contribution in [3.8, 4) is 0 Å². The van der Waals surface area contributed by atoms with Crippen LogP contribution in [0, 0.1) is 12.8 Å². The Morgan fingerprint density at radius 3 is 2.72 bits per heavy atom. The zero-order valence-electron chi connectivity index (χ0n) is 14.7. The van der Waals surface area contributed by atoms with E-state index in [0.29, 0.717) is 38.3 Å². The fraction of sp³-hybridized carbons (Fsp3) is 0.611. The highest BCUT2D eigenvalue weighted by molar-refractivity contribution is 5.91. The maximum Gasteiger partial charge on any atom is 0.317 e. The van der Waals surface area contributed by atoms with Gasteiger partial charge in [0.2, 0.25) is 5.91 Å². The van der Waals surface area contributed by atoms with E-state index in [2.05, 4.69) is 15.6 Å². The lowest BCUT2D eigenvalue weighted by molar-refractivity contribution is -0.121. The molecule has 0 aliphatic carbocycles. The van der Waals surface area contributed by atoms with Gasteiger partial charge >= 0.3 is 6.03 Å². The Kier molecular flexibility index (Phi) is 5.86. The zero-order chi connectivity index (χ0) is 17.6. The van der Waals surface area contributed by atoms with Crippen molar-refractivity contribution in [3.63, 3.8) is 0 Å².